The highest BCUT2D eigenvalue weighted by Crippen LogP contribution is 2.16. The van der Waals surface area contributed by atoms with Gasteiger partial charge in [-0.2, -0.15) is 0 Å². The third kappa shape index (κ3) is 15.7. The highest BCUT2D eigenvalue weighted by Gasteiger charge is 2.05. The molecule has 0 aliphatic rings. The van der Waals surface area contributed by atoms with E-state index in [4.69, 9.17) is 0 Å². The SMILES string of the molecule is CCCCCCCC#CC(O)CC[C@H](C)CCCCCC. The average molecular weight is 295 g/mol. The Balaban J connectivity index is 3.49. The summed E-state index contributed by atoms with van der Waals surface area (Å²) in [6, 6.07) is 0. The molecule has 0 aromatic heterocycles. The Morgan fingerprint density at radius 1 is 0.762 bits per heavy atom. The molecular formula is C20H38O. The zero-order valence-electron chi connectivity index (χ0n) is 14.8. The van der Waals surface area contributed by atoms with Gasteiger partial charge in [0, 0.05) is 6.42 Å². The monoisotopic (exact) mass is 294 g/mol. The fraction of sp³-hybridized carbons (Fsp3) is 0.900. The van der Waals surface area contributed by atoms with E-state index in [0.29, 0.717) is 0 Å². The van der Waals surface area contributed by atoms with Crippen LogP contribution in [0.4, 0.5) is 0 Å². The average Bonchev–Trinajstić information content (AvgIpc) is 2.48. The van der Waals surface area contributed by atoms with Crippen LogP contribution in [0.25, 0.3) is 0 Å². The van der Waals surface area contributed by atoms with Crippen LogP contribution in [0.1, 0.15) is 104 Å². The summed E-state index contributed by atoms with van der Waals surface area (Å²) in [5.41, 5.74) is 0. The minimum Gasteiger partial charge on any atom is -0.380 e. The number of rotatable bonds is 13. The molecule has 0 heterocycles. The molecule has 0 spiro atoms. The maximum Gasteiger partial charge on any atom is 0.114 e. The lowest BCUT2D eigenvalue weighted by Crippen LogP contribution is -2.06. The topological polar surface area (TPSA) is 20.2 Å². The number of aliphatic hydroxyl groups excluding tert-OH is 1. The lowest BCUT2D eigenvalue weighted by molar-refractivity contribution is 0.208. The van der Waals surface area contributed by atoms with Crippen LogP contribution in [0.2, 0.25) is 0 Å². The molecule has 0 radical (unpaired) electrons. The van der Waals surface area contributed by atoms with E-state index in [1.165, 1.54) is 64.2 Å². The largest absolute Gasteiger partial charge is 0.380 e. The maximum absolute atomic E-state index is 9.87. The molecule has 1 N–H and O–H groups in total. The number of unbranched alkanes of at least 4 members (excludes halogenated alkanes) is 8. The molecule has 21 heavy (non-hydrogen) atoms. The number of aliphatic hydroxyl groups is 1. The molecule has 0 bridgehead atoms. The van der Waals surface area contributed by atoms with Gasteiger partial charge < -0.3 is 5.11 Å². The van der Waals surface area contributed by atoms with E-state index in [-0.39, 0.29) is 0 Å². The lowest BCUT2D eigenvalue weighted by Gasteiger charge is -2.11. The third-order valence-electron chi connectivity index (χ3n) is 4.16. The second-order valence-electron chi connectivity index (χ2n) is 6.53. The maximum atomic E-state index is 9.87. The van der Waals surface area contributed by atoms with Gasteiger partial charge in [0.15, 0.2) is 0 Å². The third-order valence-corrected chi connectivity index (χ3v) is 4.16. The van der Waals surface area contributed by atoms with Crippen LogP contribution in [0.5, 0.6) is 0 Å². The molecule has 1 unspecified atom stereocenters. The van der Waals surface area contributed by atoms with E-state index >= 15 is 0 Å². The van der Waals surface area contributed by atoms with Crippen LogP contribution in [0.3, 0.4) is 0 Å². The fourth-order valence-electron chi connectivity index (χ4n) is 2.59. The van der Waals surface area contributed by atoms with E-state index in [1.807, 2.05) is 0 Å². The van der Waals surface area contributed by atoms with Gasteiger partial charge in [0.1, 0.15) is 6.10 Å². The molecule has 1 nitrogen and oxygen atoms in total. The van der Waals surface area contributed by atoms with Gasteiger partial charge in [0.25, 0.3) is 0 Å². The quantitative estimate of drug-likeness (QED) is 0.321. The van der Waals surface area contributed by atoms with Crippen LogP contribution in [0, 0.1) is 17.8 Å². The van der Waals surface area contributed by atoms with Crippen molar-refractivity contribution in [2.75, 3.05) is 0 Å². The summed E-state index contributed by atoms with van der Waals surface area (Å²) in [4.78, 5) is 0. The molecule has 124 valence electrons. The summed E-state index contributed by atoms with van der Waals surface area (Å²) >= 11 is 0. The van der Waals surface area contributed by atoms with Gasteiger partial charge in [-0.05, 0) is 25.2 Å². The molecule has 1 heteroatoms. The van der Waals surface area contributed by atoms with Crippen molar-refractivity contribution in [1.29, 1.82) is 0 Å². The van der Waals surface area contributed by atoms with E-state index in [2.05, 4.69) is 32.6 Å². The van der Waals surface area contributed by atoms with Crippen LogP contribution in [0.15, 0.2) is 0 Å². The van der Waals surface area contributed by atoms with Crippen LogP contribution < -0.4 is 0 Å². The zero-order chi connectivity index (χ0) is 15.8. The first-order chi connectivity index (χ1) is 10.2. The van der Waals surface area contributed by atoms with Crippen molar-refractivity contribution < 1.29 is 5.11 Å². The molecule has 0 saturated heterocycles. The first kappa shape index (κ1) is 20.5. The molecule has 0 rings (SSSR count). The predicted octanol–water partition coefficient (Wildman–Crippen LogP) is 6.10. The van der Waals surface area contributed by atoms with E-state index in [0.717, 1.165) is 25.2 Å². The summed E-state index contributed by atoms with van der Waals surface area (Å²) < 4.78 is 0. The highest BCUT2D eigenvalue weighted by atomic mass is 16.3. The van der Waals surface area contributed by atoms with Crippen molar-refractivity contribution in [3.05, 3.63) is 0 Å². The lowest BCUT2D eigenvalue weighted by atomic mass is 9.96. The molecule has 0 fully saturated rings. The first-order valence-electron chi connectivity index (χ1n) is 9.37. The second-order valence-corrected chi connectivity index (χ2v) is 6.53. The van der Waals surface area contributed by atoms with Gasteiger partial charge in [0.05, 0.1) is 0 Å². The van der Waals surface area contributed by atoms with Crippen molar-refractivity contribution in [3.63, 3.8) is 0 Å². The van der Waals surface area contributed by atoms with Crippen LogP contribution in [-0.4, -0.2) is 11.2 Å². The highest BCUT2D eigenvalue weighted by molar-refractivity contribution is 5.04. The Kier molecular flexibility index (Phi) is 15.5. The first-order valence-corrected chi connectivity index (χ1v) is 9.37. The molecule has 0 amide bonds. The molecule has 0 aromatic rings. The Labute approximate surface area is 133 Å². The molecule has 0 aliphatic carbocycles. The van der Waals surface area contributed by atoms with Crippen LogP contribution >= 0.6 is 0 Å². The molecule has 0 aromatic carbocycles. The van der Waals surface area contributed by atoms with Gasteiger partial charge in [-0.15, -0.1) is 5.92 Å². The van der Waals surface area contributed by atoms with Gasteiger partial charge in [-0.25, -0.2) is 0 Å². The summed E-state index contributed by atoms with van der Waals surface area (Å²) in [6.07, 6.45) is 15.6. The van der Waals surface area contributed by atoms with Crippen molar-refractivity contribution in [3.8, 4) is 11.8 Å². The predicted molar refractivity (Wildman–Crippen MR) is 94.3 cm³/mol. The Hall–Kier alpha value is -0.480. The summed E-state index contributed by atoms with van der Waals surface area (Å²) in [6.45, 7) is 6.79. The van der Waals surface area contributed by atoms with Gasteiger partial charge >= 0.3 is 0 Å². The second kappa shape index (κ2) is 15.9. The van der Waals surface area contributed by atoms with Crippen LogP contribution in [-0.2, 0) is 0 Å². The zero-order valence-corrected chi connectivity index (χ0v) is 14.8. The van der Waals surface area contributed by atoms with Crippen molar-refractivity contribution in [1.82, 2.24) is 0 Å². The molecule has 0 aliphatic heterocycles. The summed E-state index contributed by atoms with van der Waals surface area (Å²) in [7, 11) is 0. The van der Waals surface area contributed by atoms with E-state index in [9.17, 15) is 5.11 Å². The Bertz CT molecular complexity index is 261. The van der Waals surface area contributed by atoms with Crippen molar-refractivity contribution in [2.24, 2.45) is 5.92 Å². The minimum absolute atomic E-state index is 0.404. The molecule has 2 atom stereocenters. The molecule has 0 saturated carbocycles. The summed E-state index contributed by atoms with van der Waals surface area (Å²) in [5, 5.41) is 9.87. The van der Waals surface area contributed by atoms with Gasteiger partial charge in [0.2, 0.25) is 0 Å². The number of hydrogen-bond acceptors (Lipinski definition) is 1. The van der Waals surface area contributed by atoms with Gasteiger partial charge in [-0.3, -0.25) is 0 Å². The van der Waals surface area contributed by atoms with E-state index < -0.39 is 6.10 Å². The molecular weight excluding hydrogens is 256 g/mol. The fourth-order valence-corrected chi connectivity index (χ4v) is 2.59. The summed E-state index contributed by atoms with van der Waals surface area (Å²) in [5.74, 6) is 6.89. The normalized spacial score (nSPS) is 13.5. The van der Waals surface area contributed by atoms with Crippen molar-refractivity contribution >= 4 is 0 Å². The smallest absolute Gasteiger partial charge is 0.114 e. The van der Waals surface area contributed by atoms with Crippen molar-refractivity contribution in [2.45, 2.75) is 110 Å². The Morgan fingerprint density at radius 2 is 1.38 bits per heavy atom. The Morgan fingerprint density at radius 3 is 2.05 bits per heavy atom. The van der Waals surface area contributed by atoms with E-state index in [1.54, 1.807) is 0 Å². The number of hydrogen-bond donors (Lipinski definition) is 1. The standard InChI is InChI=1S/C20H38O/c1-4-6-8-10-11-12-14-16-20(21)18-17-19(3)15-13-9-7-5-2/h19-21H,4-13,15,17-18H2,1-3H3/t19-,20?/m1/s1. The van der Waals surface area contributed by atoms with Gasteiger partial charge in [-0.1, -0.05) is 84.5 Å². The minimum atomic E-state index is -0.404.